The van der Waals surface area contributed by atoms with Crippen LogP contribution < -0.4 is 5.32 Å². The second-order valence-corrected chi connectivity index (χ2v) is 7.48. The zero-order chi connectivity index (χ0) is 19.9. The lowest BCUT2D eigenvalue weighted by molar-refractivity contribution is -0.113. The van der Waals surface area contributed by atoms with Gasteiger partial charge in [0, 0.05) is 44.7 Å². The van der Waals surface area contributed by atoms with Crippen molar-refractivity contribution in [2.75, 3.05) is 24.8 Å². The summed E-state index contributed by atoms with van der Waals surface area (Å²) in [4.78, 5) is 12.3. The number of hydrogen-bond donors (Lipinski definition) is 1. The molecular weight excluding hydrogens is 374 g/mol. The molecule has 0 fully saturated rings. The van der Waals surface area contributed by atoms with Crippen LogP contribution in [-0.2, 0) is 29.5 Å². The fraction of sp³-hybridized carbons (Fsp3) is 0.350. The molecule has 1 amide bonds. The molecule has 2 aromatic heterocycles. The van der Waals surface area contributed by atoms with Crippen molar-refractivity contribution < 1.29 is 9.53 Å². The molecule has 8 heteroatoms. The highest BCUT2D eigenvalue weighted by molar-refractivity contribution is 7.99. The Hall–Kier alpha value is -2.58. The van der Waals surface area contributed by atoms with Gasteiger partial charge in [0.05, 0.1) is 12.4 Å². The van der Waals surface area contributed by atoms with E-state index >= 15 is 0 Å². The second kappa shape index (κ2) is 9.57. The van der Waals surface area contributed by atoms with Crippen LogP contribution in [0, 0.1) is 6.92 Å². The van der Waals surface area contributed by atoms with Gasteiger partial charge in [0.15, 0.2) is 5.16 Å². The SMILES string of the molecule is COCCn1c(Cc2cccn2C)nnc1SCC(=O)Nc1cccc(C)c1. The molecule has 0 aliphatic carbocycles. The van der Waals surface area contributed by atoms with Crippen LogP contribution in [0.15, 0.2) is 47.8 Å². The molecule has 0 bridgehead atoms. The molecule has 148 valence electrons. The van der Waals surface area contributed by atoms with Gasteiger partial charge in [-0.1, -0.05) is 23.9 Å². The van der Waals surface area contributed by atoms with E-state index < -0.39 is 0 Å². The van der Waals surface area contributed by atoms with Crippen LogP contribution in [0.25, 0.3) is 0 Å². The van der Waals surface area contributed by atoms with Gasteiger partial charge in [0.2, 0.25) is 5.91 Å². The van der Waals surface area contributed by atoms with E-state index in [0.717, 1.165) is 27.9 Å². The average molecular weight is 400 g/mol. The van der Waals surface area contributed by atoms with Gasteiger partial charge in [-0.3, -0.25) is 4.79 Å². The molecule has 2 heterocycles. The highest BCUT2D eigenvalue weighted by atomic mass is 32.2. The molecule has 28 heavy (non-hydrogen) atoms. The van der Waals surface area contributed by atoms with Gasteiger partial charge >= 0.3 is 0 Å². The summed E-state index contributed by atoms with van der Waals surface area (Å²) in [5.74, 6) is 1.06. The number of amides is 1. The van der Waals surface area contributed by atoms with Crippen molar-refractivity contribution in [1.82, 2.24) is 19.3 Å². The lowest BCUT2D eigenvalue weighted by Crippen LogP contribution is -2.15. The summed E-state index contributed by atoms with van der Waals surface area (Å²) in [6, 6.07) is 11.8. The van der Waals surface area contributed by atoms with Gasteiger partial charge in [-0.05, 0) is 36.8 Å². The molecule has 1 N–H and O–H groups in total. The minimum absolute atomic E-state index is 0.0686. The summed E-state index contributed by atoms with van der Waals surface area (Å²) >= 11 is 1.38. The Morgan fingerprint density at radius 3 is 2.82 bits per heavy atom. The Bertz CT molecular complexity index is 934. The van der Waals surface area contributed by atoms with E-state index in [1.165, 1.54) is 11.8 Å². The summed E-state index contributed by atoms with van der Waals surface area (Å²) in [5.41, 5.74) is 3.06. The zero-order valence-corrected chi connectivity index (χ0v) is 17.2. The van der Waals surface area contributed by atoms with Crippen molar-refractivity contribution in [2.24, 2.45) is 7.05 Å². The summed E-state index contributed by atoms with van der Waals surface area (Å²) < 4.78 is 9.33. The first-order valence-corrected chi connectivity index (χ1v) is 10.1. The first-order valence-electron chi connectivity index (χ1n) is 9.07. The van der Waals surface area contributed by atoms with E-state index in [2.05, 4.69) is 26.1 Å². The second-order valence-electron chi connectivity index (χ2n) is 6.54. The molecule has 0 spiro atoms. The Balaban J connectivity index is 1.66. The highest BCUT2D eigenvalue weighted by Gasteiger charge is 2.15. The third kappa shape index (κ3) is 5.24. The molecule has 0 unspecified atom stereocenters. The first-order chi connectivity index (χ1) is 13.6. The van der Waals surface area contributed by atoms with E-state index in [-0.39, 0.29) is 11.7 Å². The summed E-state index contributed by atoms with van der Waals surface area (Å²) in [6.07, 6.45) is 2.69. The predicted octanol–water partition coefficient (Wildman–Crippen LogP) is 2.89. The van der Waals surface area contributed by atoms with E-state index in [0.29, 0.717) is 19.6 Å². The van der Waals surface area contributed by atoms with Crippen LogP contribution in [0.5, 0.6) is 0 Å². The minimum Gasteiger partial charge on any atom is -0.383 e. The normalized spacial score (nSPS) is 11.0. The quantitative estimate of drug-likeness (QED) is 0.560. The maximum Gasteiger partial charge on any atom is 0.234 e. The monoisotopic (exact) mass is 399 g/mol. The lowest BCUT2D eigenvalue weighted by Gasteiger charge is -2.10. The molecule has 3 aromatic rings. The summed E-state index contributed by atoms with van der Waals surface area (Å²) in [5, 5.41) is 12.3. The van der Waals surface area contributed by atoms with Gasteiger partial charge in [0.1, 0.15) is 5.82 Å². The van der Waals surface area contributed by atoms with Crippen molar-refractivity contribution in [2.45, 2.75) is 25.0 Å². The van der Waals surface area contributed by atoms with Crippen molar-refractivity contribution in [3.63, 3.8) is 0 Å². The van der Waals surface area contributed by atoms with Crippen molar-refractivity contribution in [3.05, 3.63) is 59.7 Å². The fourth-order valence-electron chi connectivity index (χ4n) is 2.86. The molecule has 7 nitrogen and oxygen atoms in total. The van der Waals surface area contributed by atoms with Crippen LogP contribution in [0.3, 0.4) is 0 Å². The highest BCUT2D eigenvalue weighted by Crippen LogP contribution is 2.20. The van der Waals surface area contributed by atoms with Gasteiger partial charge in [-0.2, -0.15) is 0 Å². The number of aryl methyl sites for hydroxylation is 2. The fourth-order valence-corrected chi connectivity index (χ4v) is 3.64. The molecular formula is C20H25N5O2S. The number of anilines is 1. The van der Waals surface area contributed by atoms with Crippen LogP contribution in [0.2, 0.25) is 0 Å². The molecule has 0 radical (unpaired) electrons. The number of nitrogens with one attached hydrogen (secondary N) is 1. The molecule has 0 saturated heterocycles. The van der Waals surface area contributed by atoms with Crippen LogP contribution >= 0.6 is 11.8 Å². The van der Waals surface area contributed by atoms with Gasteiger partial charge < -0.3 is 19.2 Å². The number of thioether (sulfide) groups is 1. The number of ether oxygens (including phenoxy) is 1. The summed E-state index contributed by atoms with van der Waals surface area (Å²) in [7, 11) is 3.68. The minimum atomic E-state index is -0.0686. The third-order valence-corrected chi connectivity index (χ3v) is 5.30. The number of hydrogen-bond acceptors (Lipinski definition) is 5. The van der Waals surface area contributed by atoms with Gasteiger partial charge in [-0.15, -0.1) is 10.2 Å². The number of benzene rings is 1. The maximum atomic E-state index is 12.3. The van der Waals surface area contributed by atoms with E-state index in [4.69, 9.17) is 4.74 Å². The summed E-state index contributed by atoms with van der Waals surface area (Å²) in [6.45, 7) is 3.20. The van der Waals surface area contributed by atoms with E-state index in [9.17, 15) is 4.79 Å². The Morgan fingerprint density at radius 1 is 1.25 bits per heavy atom. The third-order valence-electron chi connectivity index (χ3n) is 4.34. The van der Waals surface area contributed by atoms with Crippen molar-refractivity contribution in [3.8, 4) is 0 Å². The number of rotatable bonds is 9. The number of carbonyl (C=O) groups is 1. The topological polar surface area (TPSA) is 74.0 Å². The van der Waals surface area contributed by atoms with Crippen LogP contribution in [0.1, 0.15) is 17.1 Å². The Morgan fingerprint density at radius 2 is 2.11 bits per heavy atom. The average Bonchev–Trinajstić information content (AvgIpc) is 3.24. The largest absolute Gasteiger partial charge is 0.383 e. The molecule has 0 aliphatic rings. The Kier molecular flexibility index (Phi) is 6.89. The van der Waals surface area contributed by atoms with E-state index in [1.807, 2.05) is 55.1 Å². The maximum absolute atomic E-state index is 12.3. The van der Waals surface area contributed by atoms with E-state index in [1.54, 1.807) is 7.11 Å². The number of aromatic nitrogens is 4. The van der Waals surface area contributed by atoms with Gasteiger partial charge in [-0.25, -0.2) is 0 Å². The molecule has 1 aromatic carbocycles. The molecule has 0 atom stereocenters. The number of carbonyl (C=O) groups excluding carboxylic acids is 1. The zero-order valence-electron chi connectivity index (χ0n) is 16.4. The standard InChI is InChI=1S/C20H25N5O2S/c1-15-6-4-7-16(12-15)21-19(26)14-28-20-23-22-18(25(20)10-11-27-3)13-17-8-5-9-24(17)2/h4-9,12H,10-11,13-14H2,1-3H3,(H,21,26). The van der Waals surface area contributed by atoms with Crippen LogP contribution in [0.4, 0.5) is 5.69 Å². The van der Waals surface area contributed by atoms with Crippen molar-refractivity contribution in [1.29, 1.82) is 0 Å². The molecule has 3 rings (SSSR count). The van der Waals surface area contributed by atoms with Crippen molar-refractivity contribution >= 4 is 23.4 Å². The Labute approximate surface area is 169 Å². The van der Waals surface area contributed by atoms with Gasteiger partial charge in [0.25, 0.3) is 0 Å². The number of nitrogens with zero attached hydrogens (tertiary/aromatic N) is 4. The lowest BCUT2D eigenvalue weighted by atomic mass is 10.2. The smallest absolute Gasteiger partial charge is 0.234 e. The predicted molar refractivity (Wildman–Crippen MR) is 111 cm³/mol. The molecule has 0 saturated carbocycles. The van der Waals surface area contributed by atoms with Crippen LogP contribution in [-0.4, -0.2) is 44.7 Å². The first kappa shape index (κ1) is 20.2. The number of methoxy groups -OCH3 is 1. The molecule has 0 aliphatic heterocycles.